The Morgan fingerprint density at radius 1 is 0.879 bits per heavy atom. The average molecular weight is 446 g/mol. The molecule has 1 heterocycles. The Balaban J connectivity index is 1.46. The first-order chi connectivity index (χ1) is 16.2. The highest BCUT2D eigenvalue weighted by molar-refractivity contribution is 5.95. The SMILES string of the molecule is COc1ccc(OC)c(CN2CCN([C@@H](C(=O)Nc3ccccc3)c3ccccc3)CC2)c1. The van der Waals surface area contributed by atoms with E-state index in [4.69, 9.17) is 9.47 Å². The van der Waals surface area contributed by atoms with Gasteiger partial charge in [-0.15, -0.1) is 0 Å². The van der Waals surface area contributed by atoms with Crippen molar-refractivity contribution in [2.24, 2.45) is 0 Å². The molecule has 172 valence electrons. The maximum Gasteiger partial charge on any atom is 0.246 e. The molecule has 0 aromatic heterocycles. The molecule has 1 atom stereocenters. The number of methoxy groups -OCH3 is 2. The molecule has 1 N–H and O–H groups in total. The van der Waals surface area contributed by atoms with Crippen LogP contribution in [0, 0.1) is 0 Å². The van der Waals surface area contributed by atoms with E-state index in [9.17, 15) is 4.79 Å². The summed E-state index contributed by atoms with van der Waals surface area (Å²) in [7, 11) is 3.37. The van der Waals surface area contributed by atoms with E-state index >= 15 is 0 Å². The van der Waals surface area contributed by atoms with Crippen molar-refractivity contribution in [3.63, 3.8) is 0 Å². The molecule has 1 aliphatic heterocycles. The summed E-state index contributed by atoms with van der Waals surface area (Å²) in [5.74, 6) is 1.68. The number of carbonyl (C=O) groups is 1. The Bertz CT molecular complexity index is 1030. The number of carbonyl (C=O) groups excluding carboxylic acids is 1. The maximum atomic E-state index is 13.3. The van der Waals surface area contributed by atoms with Gasteiger partial charge in [-0.05, 0) is 35.9 Å². The number of anilines is 1. The quantitative estimate of drug-likeness (QED) is 0.563. The maximum absolute atomic E-state index is 13.3. The number of hydrogen-bond acceptors (Lipinski definition) is 5. The van der Waals surface area contributed by atoms with Gasteiger partial charge in [0.2, 0.25) is 5.91 Å². The van der Waals surface area contributed by atoms with Crippen molar-refractivity contribution in [3.05, 3.63) is 90.0 Å². The van der Waals surface area contributed by atoms with Gasteiger partial charge >= 0.3 is 0 Å². The number of rotatable bonds is 8. The largest absolute Gasteiger partial charge is 0.497 e. The fraction of sp³-hybridized carbons (Fsp3) is 0.296. The van der Waals surface area contributed by atoms with Crippen LogP contribution in [0.5, 0.6) is 11.5 Å². The van der Waals surface area contributed by atoms with Crippen molar-refractivity contribution in [2.75, 3.05) is 45.7 Å². The second-order valence-electron chi connectivity index (χ2n) is 8.16. The summed E-state index contributed by atoms with van der Waals surface area (Å²) < 4.78 is 10.9. The van der Waals surface area contributed by atoms with Gasteiger partial charge in [-0.25, -0.2) is 0 Å². The summed E-state index contributed by atoms with van der Waals surface area (Å²) in [6.45, 7) is 4.10. The van der Waals surface area contributed by atoms with Crippen LogP contribution >= 0.6 is 0 Å². The van der Waals surface area contributed by atoms with Gasteiger partial charge in [0.15, 0.2) is 0 Å². The summed E-state index contributed by atoms with van der Waals surface area (Å²) in [6, 6.07) is 25.2. The first kappa shape index (κ1) is 22.8. The normalized spacial score (nSPS) is 15.6. The Morgan fingerprint density at radius 2 is 1.55 bits per heavy atom. The lowest BCUT2D eigenvalue weighted by Crippen LogP contribution is -2.49. The fourth-order valence-corrected chi connectivity index (χ4v) is 4.32. The fourth-order valence-electron chi connectivity index (χ4n) is 4.32. The Kier molecular flexibility index (Phi) is 7.60. The molecule has 1 saturated heterocycles. The molecule has 0 unspecified atom stereocenters. The lowest BCUT2D eigenvalue weighted by atomic mass is 10.0. The number of ether oxygens (including phenoxy) is 2. The van der Waals surface area contributed by atoms with Crippen LogP contribution in [-0.4, -0.2) is 56.1 Å². The molecule has 33 heavy (non-hydrogen) atoms. The lowest BCUT2D eigenvalue weighted by molar-refractivity contribution is -0.122. The van der Waals surface area contributed by atoms with Crippen LogP contribution in [-0.2, 0) is 11.3 Å². The summed E-state index contributed by atoms with van der Waals surface area (Å²) in [6.07, 6.45) is 0. The molecule has 1 fully saturated rings. The number of benzene rings is 3. The molecule has 1 aliphatic rings. The molecule has 3 aromatic rings. The van der Waals surface area contributed by atoms with Crippen LogP contribution in [0.15, 0.2) is 78.9 Å². The van der Waals surface area contributed by atoms with Gasteiger partial charge in [-0.2, -0.15) is 0 Å². The standard InChI is InChI=1S/C27H31N3O3/c1-32-24-13-14-25(33-2)22(19-24)20-29-15-17-30(18-16-29)26(21-9-5-3-6-10-21)27(31)28-23-11-7-4-8-12-23/h3-14,19,26H,15-18,20H2,1-2H3,(H,28,31)/t26-/m1/s1. The minimum Gasteiger partial charge on any atom is -0.497 e. The molecule has 4 rings (SSSR count). The van der Waals surface area contributed by atoms with E-state index in [1.807, 2.05) is 78.9 Å². The number of para-hydroxylation sites is 1. The summed E-state index contributed by atoms with van der Waals surface area (Å²) in [5.41, 5.74) is 2.92. The number of amides is 1. The van der Waals surface area contributed by atoms with Crippen molar-refractivity contribution in [1.82, 2.24) is 9.80 Å². The molecule has 0 spiro atoms. The molecule has 3 aromatic carbocycles. The number of nitrogens with one attached hydrogen (secondary N) is 1. The zero-order valence-corrected chi connectivity index (χ0v) is 19.2. The van der Waals surface area contributed by atoms with Crippen molar-refractivity contribution in [1.29, 1.82) is 0 Å². The topological polar surface area (TPSA) is 54.0 Å². The van der Waals surface area contributed by atoms with Crippen LogP contribution < -0.4 is 14.8 Å². The van der Waals surface area contributed by atoms with Crippen molar-refractivity contribution in [2.45, 2.75) is 12.6 Å². The van der Waals surface area contributed by atoms with Gasteiger partial charge in [0, 0.05) is 44.0 Å². The van der Waals surface area contributed by atoms with Gasteiger partial charge in [-0.1, -0.05) is 48.5 Å². The molecule has 0 saturated carbocycles. The summed E-state index contributed by atoms with van der Waals surface area (Å²) in [5, 5.41) is 3.09. The minimum atomic E-state index is -0.333. The summed E-state index contributed by atoms with van der Waals surface area (Å²) in [4.78, 5) is 18.0. The van der Waals surface area contributed by atoms with E-state index in [-0.39, 0.29) is 11.9 Å². The van der Waals surface area contributed by atoms with E-state index in [0.717, 1.165) is 61.0 Å². The Hall–Kier alpha value is -3.35. The molecular weight excluding hydrogens is 414 g/mol. The third-order valence-corrected chi connectivity index (χ3v) is 6.06. The monoisotopic (exact) mass is 445 g/mol. The summed E-state index contributed by atoms with van der Waals surface area (Å²) >= 11 is 0. The molecule has 6 heteroatoms. The molecule has 6 nitrogen and oxygen atoms in total. The molecule has 1 amide bonds. The number of nitrogens with zero attached hydrogens (tertiary/aromatic N) is 2. The highest BCUT2D eigenvalue weighted by Crippen LogP contribution is 2.28. The molecule has 0 aliphatic carbocycles. The number of hydrogen-bond donors (Lipinski definition) is 1. The van der Waals surface area contributed by atoms with E-state index < -0.39 is 0 Å². The van der Waals surface area contributed by atoms with Gasteiger partial charge in [0.25, 0.3) is 0 Å². The third-order valence-electron chi connectivity index (χ3n) is 6.06. The first-order valence-corrected chi connectivity index (χ1v) is 11.3. The van der Waals surface area contributed by atoms with Gasteiger partial charge in [0.1, 0.15) is 17.5 Å². The predicted molar refractivity (Wildman–Crippen MR) is 131 cm³/mol. The molecular formula is C27H31N3O3. The van der Waals surface area contributed by atoms with Gasteiger partial charge in [0.05, 0.1) is 14.2 Å². The van der Waals surface area contributed by atoms with E-state index in [0.29, 0.717) is 0 Å². The predicted octanol–water partition coefficient (Wildman–Crippen LogP) is 4.20. The van der Waals surface area contributed by atoms with Crippen LogP contribution in [0.25, 0.3) is 0 Å². The van der Waals surface area contributed by atoms with Gasteiger partial charge in [-0.3, -0.25) is 14.6 Å². The second kappa shape index (κ2) is 11.0. The van der Waals surface area contributed by atoms with E-state index in [1.165, 1.54) is 0 Å². The average Bonchev–Trinajstić information content (AvgIpc) is 2.86. The molecule has 0 radical (unpaired) electrons. The van der Waals surface area contributed by atoms with Crippen LogP contribution in [0.4, 0.5) is 5.69 Å². The molecule has 0 bridgehead atoms. The zero-order valence-electron chi connectivity index (χ0n) is 19.2. The van der Waals surface area contributed by atoms with Crippen LogP contribution in [0.1, 0.15) is 17.2 Å². The first-order valence-electron chi connectivity index (χ1n) is 11.3. The van der Waals surface area contributed by atoms with Gasteiger partial charge < -0.3 is 14.8 Å². The van der Waals surface area contributed by atoms with E-state index in [1.54, 1.807) is 14.2 Å². The zero-order chi connectivity index (χ0) is 23.0. The Morgan fingerprint density at radius 3 is 2.18 bits per heavy atom. The van der Waals surface area contributed by atoms with Crippen molar-refractivity contribution >= 4 is 11.6 Å². The minimum absolute atomic E-state index is 0.00434. The second-order valence-corrected chi connectivity index (χ2v) is 8.16. The smallest absolute Gasteiger partial charge is 0.246 e. The highest BCUT2D eigenvalue weighted by atomic mass is 16.5. The lowest BCUT2D eigenvalue weighted by Gasteiger charge is -2.39. The van der Waals surface area contributed by atoms with Crippen molar-refractivity contribution < 1.29 is 14.3 Å². The van der Waals surface area contributed by atoms with E-state index in [2.05, 4.69) is 15.1 Å². The highest BCUT2D eigenvalue weighted by Gasteiger charge is 2.30. The Labute approximate surface area is 195 Å². The number of piperazine rings is 1. The van der Waals surface area contributed by atoms with Crippen LogP contribution in [0.2, 0.25) is 0 Å². The van der Waals surface area contributed by atoms with Crippen LogP contribution in [0.3, 0.4) is 0 Å². The third kappa shape index (κ3) is 5.72. The van der Waals surface area contributed by atoms with Crippen molar-refractivity contribution in [3.8, 4) is 11.5 Å².